The molecule has 1 fully saturated rings. The topological polar surface area (TPSA) is 15.3 Å². The van der Waals surface area contributed by atoms with Crippen molar-refractivity contribution in [3.8, 4) is 0 Å². The third-order valence-electron chi connectivity index (χ3n) is 4.42. The van der Waals surface area contributed by atoms with E-state index in [1.165, 1.54) is 18.9 Å². The first-order valence-electron chi connectivity index (χ1n) is 7.92. The van der Waals surface area contributed by atoms with E-state index in [1.54, 1.807) is 12.1 Å². The summed E-state index contributed by atoms with van der Waals surface area (Å²) >= 11 is 0. The molecule has 1 aromatic rings. The maximum Gasteiger partial charge on any atom is 0.263 e. The molecule has 2 atom stereocenters. The van der Waals surface area contributed by atoms with Gasteiger partial charge in [0.2, 0.25) is 0 Å². The standard InChI is InChI=1S/C17H26F2N2/c1-3-20-12-15-7-4-5-10-21(2)16(15)13-8-6-9-14(11-13)17(18)19/h6,8-9,11,15-17,20H,3-5,7,10,12H2,1-2H3. The van der Waals surface area contributed by atoms with E-state index in [-0.39, 0.29) is 11.6 Å². The second kappa shape index (κ2) is 7.85. The minimum absolute atomic E-state index is 0.132. The molecule has 2 rings (SSSR count). The predicted molar refractivity (Wildman–Crippen MR) is 82.7 cm³/mol. The lowest BCUT2D eigenvalue weighted by Gasteiger charge is -2.33. The molecule has 2 unspecified atom stereocenters. The fourth-order valence-electron chi connectivity index (χ4n) is 3.37. The fraction of sp³-hybridized carbons (Fsp3) is 0.647. The zero-order chi connectivity index (χ0) is 15.2. The van der Waals surface area contributed by atoms with Crippen LogP contribution in [-0.4, -0.2) is 31.6 Å². The van der Waals surface area contributed by atoms with Crippen LogP contribution in [0.1, 0.15) is 49.8 Å². The average molecular weight is 296 g/mol. The van der Waals surface area contributed by atoms with Crippen LogP contribution in [0.25, 0.3) is 0 Å². The quantitative estimate of drug-likeness (QED) is 0.883. The van der Waals surface area contributed by atoms with Gasteiger partial charge in [-0.1, -0.05) is 31.5 Å². The molecule has 4 heteroatoms. The Labute approximate surface area is 126 Å². The molecule has 1 aromatic carbocycles. The molecular formula is C17H26F2N2. The van der Waals surface area contributed by atoms with E-state index in [4.69, 9.17) is 0 Å². The summed E-state index contributed by atoms with van der Waals surface area (Å²) in [7, 11) is 2.12. The van der Waals surface area contributed by atoms with E-state index in [0.29, 0.717) is 5.92 Å². The normalized spacial score (nSPS) is 24.2. The number of benzene rings is 1. The predicted octanol–water partition coefficient (Wildman–Crippen LogP) is 4.01. The minimum atomic E-state index is -2.40. The molecule has 1 heterocycles. The molecule has 1 N–H and O–H groups in total. The number of nitrogens with zero attached hydrogens (tertiary/aromatic N) is 1. The van der Waals surface area contributed by atoms with Gasteiger partial charge in [0.15, 0.2) is 0 Å². The van der Waals surface area contributed by atoms with Crippen molar-refractivity contribution < 1.29 is 8.78 Å². The van der Waals surface area contributed by atoms with Gasteiger partial charge in [-0.3, -0.25) is 4.90 Å². The highest BCUT2D eigenvalue weighted by atomic mass is 19.3. The van der Waals surface area contributed by atoms with Gasteiger partial charge in [0, 0.05) is 11.6 Å². The first-order valence-corrected chi connectivity index (χ1v) is 7.92. The van der Waals surface area contributed by atoms with Crippen LogP contribution in [-0.2, 0) is 0 Å². The van der Waals surface area contributed by atoms with Gasteiger partial charge in [0.25, 0.3) is 6.43 Å². The Bertz CT molecular complexity index is 437. The number of hydrogen-bond acceptors (Lipinski definition) is 2. The van der Waals surface area contributed by atoms with Gasteiger partial charge in [-0.05, 0) is 57.1 Å². The number of rotatable bonds is 5. The molecule has 0 aromatic heterocycles. The Hall–Kier alpha value is -1.00. The minimum Gasteiger partial charge on any atom is -0.317 e. The highest BCUT2D eigenvalue weighted by Gasteiger charge is 2.29. The zero-order valence-electron chi connectivity index (χ0n) is 13.0. The lowest BCUT2D eigenvalue weighted by atomic mass is 9.88. The van der Waals surface area contributed by atoms with Crippen LogP contribution < -0.4 is 5.32 Å². The first-order chi connectivity index (χ1) is 10.1. The van der Waals surface area contributed by atoms with Crippen LogP contribution in [0.3, 0.4) is 0 Å². The molecule has 0 amide bonds. The number of hydrogen-bond donors (Lipinski definition) is 1. The van der Waals surface area contributed by atoms with E-state index in [1.807, 2.05) is 6.07 Å². The van der Waals surface area contributed by atoms with Crippen LogP contribution >= 0.6 is 0 Å². The zero-order valence-corrected chi connectivity index (χ0v) is 13.0. The second-order valence-corrected chi connectivity index (χ2v) is 5.96. The average Bonchev–Trinajstić information content (AvgIpc) is 2.66. The van der Waals surface area contributed by atoms with Crippen LogP contribution in [0, 0.1) is 5.92 Å². The number of alkyl halides is 2. The molecule has 1 saturated heterocycles. The molecule has 0 radical (unpaired) electrons. The Morgan fingerprint density at radius 2 is 2.14 bits per heavy atom. The van der Waals surface area contributed by atoms with E-state index in [0.717, 1.165) is 31.6 Å². The molecule has 0 aliphatic carbocycles. The van der Waals surface area contributed by atoms with E-state index < -0.39 is 6.43 Å². The van der Waals surface area contributed by atoms with Crippen molar-refractivity contribution in [2.45, 2.75) is 38.7 Å². The van der Waals surface area contributed by atoms with Crippen molar-refractivity contribution in [1.29, 1.82) is 0 Å². The van der Waals surface area contributed by atoms with Crippen molar-refractivity contribution >= 4 is 0 Å². The SMILES string of the molecule is CCNCC1CCCCN(C)C1c1cccc(C(F)F)c1. The summed E-state index contributed by atoms with van der Waals surface area (Å²) in [5, 5.41) is 3.43. The van der Waals surface area contributed by atoms with Crippen LogP contribution in [0.5, 0.6) is 0 Å². The molecule has 2 nitrogen and oxygen atoms in total. The largest absolute Gasteiger partial charge is 0.317 e. The van der Waals surface area contributed by atoms with Gasteiger partial charge in [0.05, 0.1) is 0 Å². The van der Waals surface area contributed by atoms with Crippen molar-refractivity contribution in [2.24, 2.45) is 5.92 Å². The number of nitrogens with one attached hydrogen (secondary N) is 1. The summed E-state index contributed by atoms with van der Waals surface area (Å²) in [5.41, 5.74) is 1.16. The number of halogens is 2. The molecular weight excluding hydrogens is 270 g/mol. The second-order valence-electron chi connectivity index (χ2n) is 5.96. The fourth-order valence-corrected chi connectivity index (χ4v) is 3.37. The number of likely N-dealkylation sites (tertiary alicyclic amines) is 1. The molecule has 1 aliphatic rings. The Morgan fingerprint density at radius 1 is 1.33 bits per heavy atom. The van der Waals surface area contributed by atoms with Crippen molar-refractivity contribution in [3.05, 3.63) is 35.4 Å². The van der Waals surface area contributed by atoms with Gasteiger partial charge >= 0.3 is 0 Å². The molecule has 0 spiro atoms. The highest BCUT2D eigenvalue weighted by Crippen LogP contribution is 2.35. The van der Waals surface area contributed by atoms with E-state index in [2.05, 4.69) is 24.2 Å². The third kappa shape index (κ3) is 4.24. The molecule has 21 heavy (non-hydrogen) atoms. The van der Waals surface area contributed by atoms with Gasteiger partial charge in [-0.25, -0.2) is 8.78 Å². The van der Waals surface area contributed by atoms with E-state index >= 15 is 0 Å². The summed E-state index contributed by atoms with van der Waals surface area (Å²) < 4.78 is 25.9. The van der Waals surface area contributed by atoms with Crippen LogP contribution in [0.2, 0.25) is 0 Å². The summed E-state index contributed by atoms with van der Waals surface area (Å²) in [4.78, 5) is 2.33. The maximum absolute atomic E-state index is 13.0. The molecule has 0 saturated carbocycles. The van der Waals surface area contributed by atoms with Gasteiger partial charge in [-0.15, -0.1) is 0 Å². The van der Waals surface area contributed by atoms with Crippen molar-refractivity contribution in [3.63, 3.8) is 0 Å². The molecule has 118 valence electrons. The Morgan fingerprint density at radius 3 is 2.86 bits per heavy atom. The summed E-state index contributed by atoms with van der Waals surface area (Å²) in [6.07, 6.45) is 1.16. The summed E-state index contributed by atoms with van der Waals surface area (Å²) in [6.45, 7) is 5.04. The van der Waals surface area contributed by atoms with E-state index in [9.17, 15) is 8.78 Å². The van der Waals surface area contributed by atoms with Crippen LogP contribution in [0.15, 0.2) is 24.3 Å². The molecule has 1 aliphatic heterocycles. The summed E-state index contributed by atoms with van der Waals surface area (Å²) in [6, 6.07) is 7.20. The van der Waals surface area contributed by atoms with Gasteiger partial charge < -0.3 is 5.32 Å². The summed E-state index contributed by atoms with van der Waals surface area (Å²) in [5.74, 6) is 0.477. The van der Waals surface area contributed by atoms with Gasteiger partial charge in [-0.2, -0.15) is 0 Å². The third-order valence-corrected chi connectivity index (χ3v) is 4.42. The monoisotopic (exact) mass is 296 g/mol. The van der Waals surface area contributed by atoms with Crippen molar-refractivity contribution in [1.82, 2.24) is 10.2 Å². The van der Waals surface area contributed by atoms with Crippen LogP contribution in [0.4, 0.5) is 8.78 Å². The Balaban J connectivity index is 2.27. The van der Waals surface area contributed by atoms with Crippen molar-refractivity contribution in [2.75, 3.05) is 26.7 Å². The lowest BCUT2D eigenvalue weighted by Crippen LogP contribution is -2.35. The smallest absolute Gasteiger partial charge is 0.263 e. The lowest BCUT2D eigenvalue weighted by molar-refractivity contribution is 0.150. The first kappa shape index (κ1) is 16.4. The Kier molecular flexibility index (Phi) is 6.12. The molecule has 0 bridgehead atoms. The maximum atomic E-state index is 13.0. The highest BCUT2D eigenvalue weighted by molar-refractivity contribution is 5.27. The van der Waals surface area contributed by atoms with Gasteiger partial charge in [0.1, 0.15) is 0 Å².